The Morgan fingerprint density at radius 3 is 2.72 bits per heavy atom. The summed E-state index contributed by atoms with van der Waals surface area (Å²) in [7, 11) is 0. The van der Waals surface area contributed by atoms with E-state index in [1.165, 1.54) is 0 Å². The summed E-state index contributed by atoms with van der Waals surface area (Å²) >= 11 is 9.34. The molecule has 0 saturated carbocycles. The Hall–Kier alpha value is -0.600. The molecule has 0 bridgehead atoms. The van der Waals surface area contributed by atoms with Crippen LogP contribution in [0.5, 0.6) is 0 Å². The number of rotatable bonds is 2. The summed E-state index contributed by atoms with van der Waals surface area (Å²) < 4.78 is 6.03. The van der Waals surface area contributed by atoms with Gasteiger partial charge in [0.15, 0.2) is 0 Å². The lowest BCUT2D eigenvalue weighted by Gasteiger charge is -2.35. The van der Waals surface area contributed by atoms with Crippen molar-refractivity contribution in [1.82, 2.24) is 0 Å². The van der Waals surface area contributed by atoms with Crippen molar-refractivity contribution < 1.29 is 9.84 Å². The van der Waals surface area contributed by atoms with E-state index in [1.54, 1.807) is 18.2 Å². The van der Waals surface area contributed by atoms with Crippen LogP contribution >= 0.6 is 27.5 Å². The Morgan fingerprint density at radius 1 is 1.44 bits per heavy atom. The fourth-order valence-electron chi connectivity index (χ4n) is 2.20. The lowest BCUT2D eigenvalue weighted by atomic mass is 9.74. The Labute approximate surface area is 119 Å². The SMILES string of the molecule is N#CC1(C(O)c2cc(Cl)ccc2Br)CCOCC1. The molecule has 96 valence electrons. The Balaban J connectivity index is 2.37. The second-order valence-corrected chi connectivity index (χ2v) is 5.74. The molecule has 1 aliphatic rings. The quantitative estimate of drug-likeness (QED) is 0.903. The third kappa shape index (κ3) is 2.55. The maximum atomic E-state index is 10.5. The molecule has 1 N–H and O–H groups in total. The normalized spacial score (nSPS) is 20.1. The molecule has 1 atom stereocenters. The van der Waals surface area contributed by atoms with Crippen LogP contribution in [-0.2, 0) is 4.74 Å². The Morgan fingerprint density at radius 2 is 2.11 bits per heavy atom. The topological polar surface area (TPSA) is 53.2 Å². The number of nitrogens with zero attached hydrogens (tertiary/aromatic N) is 1. The maximum Gasteiger partial charge on any atom is 0.0989 e. The molecular formula is C13H13BrClNO2. The lowest BCUT2D eigenvalue weighted by Crippen LogP contribution is -2.34. The van der Waals surface area contributed by atoms with Gasteiger partial charge in [-0.15, -0.1) is 0 Å². The molecule has 2 rings (SSSR count). The summed E-state index contributed by atoms with van der Waals surface area (Å²) in [4.78, 5) is 0. The number of ether oxygens (including phenoxy) is 1. The molecule has 0 aliphatic carbocycles. The molecule has 0 aromatic heterocycles. The van der Waals surface area contributed by atoms with Crippen molar-refractivity contribution in [3.8, 4) is 6.07 Å². The number of benzene rings is 1. The van der Waals surface area contributed by atoms with Crippen LogP contribution in [-0.4, -0.2) is 18.3 Å². The Kier molecular flexibility index (Phi) is 4.29. The van der Waals surface area contributed by atoms with Gasteiger partial charge in [-0.05, 0) is 36.6 Å². The molecule has 1 aromatic carbocycles. The first-order valence-electron chi connectivity index (χ1n) is 5.71. The molecule has 0 radical (unpaired) electrons. The van der Waals surface area contributed by atoms with Crippen LogP contribution in [0.1, 0.15) is 24.5 Å². The fraction of sp³-hybridized carbons (Fsp3) is 0.462. The first-order valence-corrected chi connectivity index (χ1v) is 6.88. The standard InChI is InChI=1S/C13H13BrClNO2/c14-11-2-1-9(15)7-10(11)12(17)13(8-16)3-5-18-6-4-13/h1-2,7,12,17H,3-6H2. The van der Waals surface area contributed by atoms with Crippen LogP contribution in [0.3, 0.4) is 0 Å². The predicted octanol–water partition coefficient (Wildman–Crippen LogP) is 3.46. The smallest absolute Gasteiger partial charge is 0.0989 e. The average Bonchev–Trinajstić information content (AvgIpc) is 2.41. The summed E-state index contributed by atoms with van der Waals surface area (Å²) in [6, 6.07) is 7.49. The van der Waals surface area contributed by atoms with Gasteiger partial charge in [0, 0.05) is 22.7 Å². The first kappa shape index (κ1) is 13.8. The molecule has 1 aromatic rings. The van der Waals surface area contributed by atoms with Crippen LogP contribution in [0.15, 0.2) is 22.7 Å². The zero-order chi connectivity index (χ0) is 13.2. The fourth-order valence-corrected chi connectivity index (χ4v) is 2.85. The highest BCUT2D eigenvalue weighted by atomic mass is 79.9. The van der Waals surface area contributed by atoms with Gasteiger partial charge in [-0.2, -0.15) is 5.26 Å². The van der Waals surface area contributed by atoms with Gasteiger partial charge in [-0.25, -0.2) is 0 Å². The number of aliphatic hydroxyl groups is 1. The molecule has 1 fully saturated rings. The minimum absolute atomic E-state index is 0.503. The van der Waals surface area contributed by atoms with Crippen LogP contribution in [0.4, 0.5) is 0 Å². The highest BCUT2D eigenvalue weighted by Crippen LogP contribution is 2.44. The highest BCUT2D eigenvalue weighted by molar-refractivity contribution is 9.10. The van der Waals surface area contributed by atoms with Gasteiger partial charge in [0.05, 0.1) is 17.6 Å². The van der Waals surface area contributed by atoms with Crippen molar-refractivity contribution in [3.63, 3.8) is 0 Å². The lowest BCUT2D eigenvalue weighted by molar-refractivity contribution is -0.0312. The minimum atomic E-state index is -0.862. The van der Waals surface area contributed by atoms with Crippen molar-refractivity contribution in [2.45, 2.75) is 18.9 Å². The number of halogens is 2. The van der Waals surface area contributed by atoms with E-state index < -0.39 is 11.5 Å². The molecule has 18 heavy (non-hydrogen) atoms. The largest absolute Gasteiger partial charge is 0.387 e. The van der Waals surface area contributed by atoms with E-state index in [9.17, 15) is 10.4 Å². The van der Waals surface area contributed by atoms with Gasteiger partial charge < -0.3 is 9.84 Å². The summed E-state index contributed by atoms with van der Waals surface area (Å²) in [5, 5.41) is 20.5. The number of nitriles is 1. The molecular weight excluding hydrogens is 318 g/mol. The van der Waals surface area contributed by atoms with E-state index in [2.05, 4.69) is 22.0 Å². The average molecular weight is 331 g/mol. The molecule has 3 nitrogen and oxygen atoms in total. The number of hydrogen-bond donors (Lipinski definition) is 1. The van der Waals surface area contributed by atoms with E-state index in [1.807, 2.05) is 0 Å². The monoisotopic (exact) mass is 329 g/mol. The number of aliphatic hydroxyl groups excluding tert-OH is 1. The zero-order valence-corrected chi connectivity index (χ0v) is 12.0. The van der Waals surface area contributed by atoms with Crippen LogP contribution in [0.25, 0.3) is 0 Å². The number of hydrogen-bond acceptors (Lipinski definition) is 3. The maximum absolute atomic E-state index is 10.5. The van der Waals surface area contributed by atoms with Crippen molar-refractivity contribution >= 4 is 27.5 Å². The molecule has 1 saturated heterocycles. The van der Waals surface area contributed by atoms with Crippen molar-refractivity contribution in [2.24, 2.45) is 5.41 Å². The second-order valence-electron chi connectivity index (χ2n) is 4.45. The molecule has 1 aliphatic heterocycles. The van der Waals surface area contributed by atoms with E-state index in [-0.39, 0.29) is 0 Å². The summed E-state index contributed by atoms with van der Waals surface area (Å²) in [5.41, 5.74) is -0.128. The highest BCUT2D eigenvalue weighted by Gasteiger charge is 2.41. The third-order valence-corrected chi connectivity index (χ3v) is 4.34. The predicted molar refractivity (Wildman–Crippen MR) is 72.2 cm³/mol. The third-order valence-electron chi connectivity index (χ3n) is 3.38. The van der Waals surface area contributed by atoms with Crippen LogP contribution < -0.4 is 0 Å². The van der Waals surface area contributed by atoms with E-state index in [0.717, 1.165) is 4.47 Å². The molecule has 0 amide bonds. The second kappa shape index (κ2) is 5.58. The van der Waals surface area contributed by atoms with E-state index in [4.69, 9.17) is 16.3 Å². The van der Waals surface area contributed by atoms with Crippen molar-refractivity contribution in [1.29, 1.82) is 5.26 Å². The van der Waals surface area contributed by atoms with Gasteiger partial charge >= 0.3 is 0 Å². The Bertz CT molecular complexity index is 480. The zero-order valence-electron chi connectivity index (χ0n) is 9.70. The van der Waals surface area contributed by atoms with Crippen molar-refractivity contribution in [2.75, 3.05) is 13.2 Å². The van der Waals surface area contributed by atoms with E-state index >= 15 is 0 Å². The summed E-state index contributed by atoms with van der Waals surface area (Å²) in [6.45, 7) is 1.01. The summed E-state index contributed by atoms with van der Waals surface area (Å²) in [5.74, 6) is 0. The van der Waals surface area contributed by atoms with Gasteiger partial charge in [0.2, 0.25) is 0 Å². The summed E-state index contributed by atoms with van der Waals surface area (Å²) in [6.07, 6.45) is 0.201. The molecule has 1 unspecified atom stereocenters. The van der Waals surface area contributed by atoms with Crippen LogP contribution in [0, 0.1) is 16.7 Å². The van der Waals surface area contributed by atoms with Gasteiger partial charge in [-0.1, -0.05) is 27.5 Å². The van der Waals surface area contributed by atoms with E-state index in [0.29, 0.717) is 36.6 Å². The van der Waals surface area contributed by atoms with Crippen molar-refractivity contribution in [3.05, 3.63) is 33.3 Å². The van der Waals surface area contributed by atoms with Gasteiger partial charge in [0.1, 0.15) is 0 Å². The first-order chi connectivity index (χ1) is 8.59. The molecule has 5 heteroatoms. The van der Waals surface area contributed by atoms with Crippen LogP contribution in [0.2, 0.25) is 5.02 Å². The minimum Gasteiger partial charge on any atom is -0.387 e. The molecule has 0 spiro atoms. The molecule has 1 heterocycles. The van der Waals surface area contributed by atoms with Gasteiger partial charge in [0.25, 0.3) is 0 Å². The van der Waals surface area contributed by atoms with Gasteiger partial charge in [-0.3, -0.25) is 0 Å².